The number of nitrogens with zero attached hydrogens (tertiary/aromatic N) is 3. The molecule has 0 saturated carbocycles. The van der Waals surface area contributed by atoms with Crippen LogP contribution in [0.2, 0.25) is 0 Å². The van der Waals surface area contributed by atoms with Crippen LogP contribution >= 0.6 is 24.0 Å². The Balaban J connectivity index is 2.00. The Morgan fingerprint density at radius 3 is 2.70 bits per heavy atom. The minimum Gasteiger partial charge on any atom is -0.369 e. The van der Waals surface area contributed by atoms with Crippen molar-refractivity contribution in [2.75, 3.05) is 18.4 Å². The Hall–Kier alpha value is -2.19. The summed E-state index contributed by atoms with van der Waals surface area (Å²) in [6, 6.07) is 3.76. The van der Waals surface area contributed by atoms with Gasteiger partial charge in [-0.05, 0) is 42.9 Å². The van der Waals surface area contributed by atoms with Crippen molar-refractivity contribution >= 4 is 51.7 Å². The zero-order valence-corrected chi connectivity index (χ0v) is 21.8. The molecule has 6 nitrogen and oxygen atoms in total. The molecular weight excluding hydrogens is 452 g/mol. The van der Waals surface area contributed by atoms with E-state index in [9.17, 15) is 9.59 Å². The van der Waals surface area contributed by atoms with Gasteiger partial charge < -0.3 is 5.32 Å². The maximum Gasteiger partial charge on any atom is 0.267 e. The molecule has 2 aromatic rings. The molecular formula is C25H34N4O2S2. The number of thioether (sulfide) groups is 1. The van der Waals surface area contributed by atoms with E-state index in [1.807, 2.05) is 19.1 Å². The lowest BCUT2D eigenvalue weighted by Crippen LogP contribution is -2.33. The van der Waals surface area contributed by atoms with E-state index in [2.05, 4.69) is 33.0 Å². The van der Waals surface area contributed by atoms with Crippen molar-refractivity contribution in [3.63, 3.8) is 0 Å². The van der Waals surface area contributed by atoms with Gasteiger partial charge in [-0.25, -0.2) is 4.98 Å². The number of rotatable bonds is 10. The van der Waals surface area contributed by atoms with Crippen molar-refractivity contribution in [3.05, 3.63) is 44.7 Å². The Labute approximate surface area is 205 Å². The summed E-state index contributed by atoms with van der Waals surface area (Å²) < 4.78 is 2.10. The molecule has 1 amide bonds. The summed E-state index contributed by atoms with van der Waals surface area (Å²) in [6.45, 7) is 11.8. The smallest absolute Gasteiger partial charge is 0.267 e. The summed E-state index contributed by atoms with van der Waals surface area (Å²) in [5.74, 6) is 1.18. The van der Waals surface area contributed by atoms with E-state index in [0.717, 1.165) is 31.2 Å². The first kappa shape index (κ1) is 25.4. The molecule has 2 aromatic heterocycles. The van der Waals surface area contributed by atoms with Gasteiger partial charge in [-0.1, -0.05) is 77.0 Å². The number of unbranched alkanes of at least 4 members (excludes halogenated alkanes) is 1. The Bertz CT molecular complexity index is 1120. The number of hydrogen-bond donors (Lipinski definition) is 1. The van der Waals surface area contributed by atoms with Gasteiger partial charge >= 0.3 is 0 Å². The second-order valence-corrected chi connectivity index (χ2v) is 10.7. The first-order chi connectivity index (χ1) is 15.8. The SMILES string of the molecule is CCCC[C@H](CC)CN1C(=O)/C(=C/c2c(NCC(C)C)nc3c(C)cccn3c2=O)SC1=S. The maximum absolute atomic E-state index is 13.4. The van der Waals surface area contributed by atoms with Gasteiger partial charge in [0.15, 0.2) is 0 Å². The third-order valence-corrected chi connectivity index (χ3v) is 7.27. The highest BCUT2D eigenvalue weighted by Crippen LogP contribution is 2.34. The van der Waals surface area contributed by atoms with E-state index >= 15 is 0 Å². The van der Waals surface area contributed by atoms with Gasteiger partial charge in [0.05, 0.1) is 10.5 Å². The number of nitrogens with one attached hydrogen (secondary N) is 1. The predicted octanol–water partition coefficient (Wildman–Crippen LogP) is 5.49. The number of thiocarbonyl (C=S) groups is 1. The molecule has 0 aliphatic carbocycles. The van der Waals surface area contributed by atoms with Gasteiger partial charge in [0.25, 0.3) is 11.5 Å². The summed E-state index contributed by atoms with van der Waals surface area (Å²) in [5.41, 5.74) is 1.71. The zero-order valence-electron chi connectivity index (χ0n) is 20.2. The number of hydrogen-bond acceptors (Lipinski definition) is 6. The minimum absolute atomic E-state index is 0.122. The average molecular weight is 487 g/mol. The van der Waals surface area contributed by atoms with Gasteiger partial charge in [0, 0.05) is 19.3 Å². The highest BCUT2D eigenvalue weighted by atomic mass is 32.2. The molecule has 1 N–H and O–H groups in total. The summed E-state index contributed by atoms with van der Waals surface area (Å²) in [7, 11) is 0. The van der Waals surface area contributed by atoms with Gasteiger partial charge in [0.2, 0.25) is 0 Å². The molecule has 8 heteroatoms. The fourth-order valence-electron chi connectivity index (χ4n) is 3.84. The van der Waals surface area contributed by atoms with Crippen LogP contribution in [0.25, 0.3) is 11.7 Å². The van der Waals surface area contributed by atoms with Crippen molar-refractivity contribution in [1.82, 2.24) is 14.3 Å². The van der Waals surface area contributed by atoms with Crippen LogP contribution in [-0.4, -0.2) is 37.6 Å². The van der Waals surface area contributed by atoms with E-state index in [1.165, 1.54) is 11.8 Å². The van der Waals surface area contributed by atoms with Crippen LogP contribution in [0.3, 0.4) is 0 Å². The van der Waals surface area contributed by atoms with E-state index in [-0.39, 0.29) is 11.5 Å². The van der Waals surface area contributed by atoms with Crippen LogP contribution in [0.5, 0.6) is 0 Å². The molecule has 0 bridgehead atoms. The highest BCUT2D eigenvalue weighted by molar-refractivity contribution is 8.26. The quantitative estimate of drug-likeness (QED) is 0.354. The monoisotopic (exact) mass is 486 g/mol. The third-order valence-electron chi connectivity index (χ3n) is 5.90. The molecule has 1 saturated heterocycles. The number of pyridine rings is 1. The number of aromatic nitrogens is 2. The molecule has 0 spiro atoms. The molecule has 3 heterocycles. The fourth-order valence-corrected chi connectivity index (χ4v) is 5.10. The largest absolute Gasteiger partial charge is 0.369 e. The highest BCUT2D eigenvalue weighted by Gasteiger charge is 2.33. The number of carbonyl (C=O) groups is 1. The minimum atomic E-state index is -0.199. The molecule has 0 unspecified atom stereocenters. The molecule has 1 fully saturated rings. The average Bonchev–Trinajstić information content (AvgIpc) is 3.04. The molecule has 1 atom stereocenters. The molecule has 1 aliphatic heterocycles. The first-order valence-electron chi connectivity index (χ1n) is 11.8. The second-order valence-electron chi connectivity index (χ2n) is 9.05. The van der Waals surface area contributed by atoms with Crippen LogP contribution in [0.1, 0.15) is 64.5 Å². The Morgan fingerprint density at radius 2 is 2.03 bits per heavy atom. The molecule has 1 aliphatic rings. The molecule has 178 valence electrons. The number of fused-ring (bicyclic) bond motifs is 1. The van der Waals surface area contributed by atoms with E-state index in [1.54, 1.807) is 21.6 Å². The van der Waals surface area contributed by atoms with Crippen molar-refractivity contribution in [3.8, 4) is 0 Å². The number of anilines is 1. The van der Waals surface area contributed by atoms with Crippen LogP contribution in [-0.2, 0) is 4.79 Å². The number of carbonyl (C=O) groups excluding carboxylic acids is 1. The lowest BCUT2D eigenvalue weighted by molar-refractivity contribution is -0.122. The lowest BCUT2D eigenvalue weighted by Gasteiger charge is -2.21. The Kier molecular flexibility index (Phi) is 8.70. The summed E-state index contributed by atoms with van der Waals surface area (Å²) in [6.07, 6.45) is 7.76. The summed E-state index contributed by atoms with van der Waals surface area (Å²) >= 11 is 6.82. The molecule has 3 rings (SSSR count). The Morgan fingerprint density at radius 1 is 1.27 bits per heavy atom. The zero-order chi connectivity index (χ0) is 24.1. The topological polar surface area (TPSA) is 66.7 Å². The van der Waals surface area contributed by atoms with E-state index in [0.29, 0.717) is 51.2 Å². The van der Waals surface area contributed by atoms with E-state index < -0.39 is 0 Å². The van der Waals surface area contributed by atoms with Gasteiger partial charge in [-0.2, -0.15) is 0 Å². The molecule has 0 radical (unpaired) electrons. The molecule has 0 aromatic carbocycles. The van der Waals surface area contributed by atoms with Gasteiger partial charge in [0.1, 0.15) is 15.8 Å². The summed E-state index contributed by atoms with van der Waals surface area (Å²) in [4.78, 5) is 33.6. The van der Waals surface area contributed by atoms with E-state index in [4.69, 9.17) is 17.2 Å². The van der Waals surface area contributed by atoms with Crippen LogP contribution in [0, 0.1) is 18.8 Å². The third kappa shape index (κ3) is 5.84. The second kappa shape index (κ2) is 11.3. The predicted molar refractivity (Wildman–Crippen MR) is 143 cm³/mol. The maximum atomic E-state index is 13.4. The van der Waals surface area contributed by atoms with Gasteiger partial charge in [-0.15, -0.1) is 0 Å². The number of aryl methyl sites for hydroxylation is 1. The van der Waals surface area contributed by atoms with Crippen LogP contribution in [0.4, 0.5) is 5.82 Å². The summed E-state index contributed by atoms with van der Waals surface area (Å²) in [5, 5.41) is 3.31. The standard InChI is InChI=1S/C25H34N4O2S2/c1-6-8-11-18(7-2)15-29-24(31)20(33-25(29)32)13-19-21(26-14-16(3)4)27-22-17(5)10-9-12-28(22)23(19)30/h9-10,12-13,16,18,26H,6-8,11,14-15H2,1-5H3/b20-13-/t18-/m0/s1. The lowest BCUT2D eigenvalue weighted by atomic mass is 9.99. The van der Waals surface area contributed by atoms with Crippen LogP contribution in [0.15, 0.2) is 28.0 Å². The fraction of sp³-hybridized carbons (Fsp3) is 0.520. The van der Waals surface area contributed by atoms with Crippen molar-refractivity contribution in [1.29, 1.82) is 0 Å². The molecule has 33 heavy (non-hydrogen) atoms. The van der Waals surface area contributed by atoms with Crippen molar-refractivity contribution in [2.24, 2.45) is 11.8 Å². The van der Waals surface area contributed by atoms with Crippen molar-refractivity contribution in [2.45, 2.75) is 60.3 Å². The van der Waals surface area contributed by atoms with Crippen molar-refractivity contribution < 1.29 is 4.79 Å². The number of amides is 1. The van der Waals surface area contributed by atoms with Crippen LogP contribution < -0.4 is 10.9 Å². The first-order valence-corrected chi connectivity index (χ1v) is 13.0. The normalized spacial score (nSPS) is 16.4. The van der Waals surface area contributed by atoms with Gasteiger partial charge in [-0.3, -0.25) is 18.9 Å².